The quantitative estimate of drug-likeness (QED) is 0.641. The van der Waals surface area contributed by atoms with Gasteiger partial charge < -0.3 is 25.5 Å². The highest BCUT2D eigenvalue weighted by Gasteiger charge is 2.50. The zero-order valence-electron chi connectivity index (χ0n) is 17.2. The topological polar surface area (TPSA) is 122 Å². The van der Waals surface area contributed by atoms with Crippen LogP contribution in [0, 0.1) is 0 Å². The average Bonchev–Trinajstić information content (AvgIpc) is 3.00. The summed E-state index contributed by atoms with van der Waals surface area (Å²) >= 11 is 6.10. The van der Waals surface area contributed by atoms with Gasteiger partial charge in [-0.15, -0.1) is 0 Å². The third kappa shape index (κ3) is 3.33. The molecule has 1 aliphatic heterocycles. The number of H-pyrrole nitrogens is 1. The standard InChI is InChI=1S/C21H25ClN4O4/c1-20(2,3)30-19(29)26-9-21(8-23,10-26)17-15(18(27)28)12-5-4-11-7-24-14(22)6-13(11)16(12)25-17/h6-7,25H,4-5,8-10,23H2,1-3H3,(H,27,28). The van der Waals surface area contributed by atoms with E-state index < -0.39 is 23.1 Å². The molecule has 1 aliphatic carbocycles. The van der Waals surface area contributed by atoms with Crippen LogP contribution in [0.15, 0.2) is 12.3 Å². The van der Waals surface area contributed by atoms with E-state index in [1.165, 1.54) is 0 Å². The van der Waals surface area contributed by atoms with Crippen LogP contribution in [0.1, 0.15) is 48.0 Å². The van der Waals surface area contributed by atoms with Gasteiger partial charge in [-0.25, -0.2) is 14.6 Å². The number of fused-ring (bicyclic) bond motifs is 3. The number of ether oxygens (including phenoxy) is 1. The van der Waals surface area contributed by atoms with Gasteiger partial charge in [-0.05, 0) is 50.8 Å². The summed E-state index contributed by atoms with van der Waals surface area (Å²) in [6, 6.07) is 1.75. The number of nitrogens with two attached hydrogens (primary N) is 1. The Labute approximate surface area is 179 Å². The number of aromatic carboxylic acids is 1. The highest BCUT2D eigenvalue weighted by molar-refractivity contribution is 6.29. The lowest BCUT2D eigenvalue weighted by molar-refractivity contribution is -0.00905. The molecule has 0 radical (unpaired) electrons. The Morgan fingerprint density at radius 3 is 2.67 bits per heavy atom. The van der Waals surface area contributed by atoms with Crippen LogP contribution in [0.2, 0.25) is 5.15 Å². The van der Waals surface area contributed by atoms with Crippen LogP contribution in [-0.4, -0.2) is 57.3 Å². The van der Waals surface area contributed by atoms with Crippen LogP contribution < -0.4 is 5.73 Å². The number of aromatic nitrogens is 2. The Morgan fingerprint density at radius 1 is 1.37 bits per heavy atom. The molecular formula is C21H25ClN4O4. The molecule has 0 atom stereocenters. The molecule has 0 saturated carbocycles. The Kier molecular flexibility index (Phi) is 4.82. The van der Waals surface area contributed by atoms with Gasteiger partial charge in [-0.2, -0.15) is 0 Å². The Morgan fingerprint density at radius 2 is 2.07 bits per heavy atom. The van der Waals surface area contributed by atoms with Gasteiger partial charge in [0.1, 0.15) is 10.8 Å². The van der Waals surface area contributed by atoms with Crippen molar-refractivity contribution in [1.82, 2.24) is 14.9 Å². The molecule has 0 aromatic carbocycles. The van der Waals surface area contributed by atoms with Gasteiger partial charge in [-0.3, -0.25) is 0 Å². The van der Waals surface area contributed by atoms with Crippen molar-refractivity contribution in [2.75, 3.05) is 19.6 Å². The Balaban J connectivity index is 1.73. The Bertz CT molecular complexity index is 1030. The zero-order chi connectivity index (χ0) is 21.8. The van der Waals surface area contributed by atoms with Crippen molar-refractivity contribution in [3.05, 3.63) is 39.8 Å². The summed E-state index contributed by atoms with van der Waals surface area (Å²) in [5.41, 5.74) is 9.02. The van der Waals surface area contributed by atoms with Gasteiger partial charge in [0.25, 0.3) is 0 Å². The highest BCUT2D eigenvalue weighted by Crippen LogP contribution is 2.43. The first kappa shape index (κ1) is 20.7. The molecule has 1 saturated heterocycles. The number of carboxylic acid groups (broad SMARTS) is 1. The van der Waals surface area contributed by atoms with Crippen molar-refractivity contribution in [3.63, 3.8) is 0 Å². The minimum atomic E-state index is -1.00. The van der Waals surface area contributed by atoms with E-state index in [0.29, 0.717) is 36.8 Å². The summed E-state index contributed by atoms with van der Waals surface area (Å²) < 4.78 is 5.43. The number of rotatable bonds is 3. The summed E-state index contributed by atoms with van der Waals surface area (Å²) in [6.07, 6.45) is 2.57. The molecule has 3 heterocycles. The number of aryl methyl sites for hydroxylation is 1. The third-order valence-electron chi connectivity index (χ3n) is 5.74. The molecule has 2 aromatic heterocycles. The predicted molar refractivity (Wildman–Crippen MR) is 112 cm³/mol. The molecule has 2 aromatic rings. The van der Waals surface area contributed by atoms with E-state index in [1.807, 2.05) is 0 Å². The molecule has 0 spiro atoms. The maximum Gasteiger partial charge on any atom is 0.410 e. The number of hydrogen-bond acceptors (Lipinski definition) is 5. The van der Waals surface area contributed by atoms with Crippen molar-refractivity contribution < 1.29 is 19.4 Å². The number of likely N-dealkylation sites (tertiary alicyclic amines) is 1. The maximum atomic E-state index is 12.4. The summed E-state index contributed by atoms with van der Waals surface area (Å²) in [5, 5.41) is 10.4. The lowest BCUT2D eigenvalue weighted by Gasteiger charge is -2.49. The first-order chi connectivity index (χ1) is 14.0. The van der Waals surface area contributed by atoms with Crippen molar-refractivity contribution in [3.8, 4) is 11.3 Å². The smallest absolute Gasteiger partial charge is 0.410 e. The second-order valence-corrected chi connectivity index (χ2v) is 9.41. The van der Waals surface area contributed by atoms with E-state index >= 15 is 0 Å². The molecular weight excluding hydrogens is 408 g/mol. The average molecular weight is 433 g/mol. The number of carboxylic acids is 1. The fourth-order valence-electron chi connectivity index (χ4n) is 4.33. The van der Waals surface area contributed by atoms with Gasteiger partial charge in [0.15, 0.2) is 0 Å². The molecule has 4 rings (SSSR count). The highest BCUT2D eigenvalue weighted by atomic mass is 35.5. The molecule has 30 heavy (non-hydrogen) atoms. The number of halogens is 1. The van der Waals surface area contributed by atoms with E-state index in [9.17, 15) is 14.7 Å². The molecule has 1 amide bonds. The van der Waals surface area contributed by atoms with Crippen molar-refractivity contribution in [1.29, 1.82) is 0 Å². The maximum absolute atomic E-state index is 12.4. The van der Waals surface area contributed by atoms with Gasteiger partial charge in [0, 0.05) is 37.1 Å². The molecule has 8 nitrogen and oxygen atoms in total. The minimum absolute atomic E-state index is 0.204. The fourth-order valence-corrected chi connectivity index (χ4v) is 4.49. The largest absolute Gasteiger partial charge is 0.478 e. The van der Waals surface area contributed by atoms with Crippen LogP contribution in [-0.2, 0) is 23.0 Å². The molecule has 9 heteroatoms. The van der Waals surface area contributed by atoms with E-state index in [1.54, 1.807) is 37.9 Å². The van der Waals surface area contributed by atoms with Crippen molar-refractivity contribution in [2.24, 2.45) is 5.73 Å². The molecule has 160 valence electrons. The molecule has 1 fully saturated rings. The Hall–Kier alpha value is -2.58. The summed E-state index contributed by atoms with van der Waals surface area (Å²) in [5.74, 6) is -1.00. The number of hydrogen-bond donors (Lipinski definition) is 3. The van der Waals surface area contributed by atoms with Gasteiger partial charge in [0.05, 0.1) is 16.7 Å². The van der Waals surface area contributed by atoms with Gasteiger partial charge in [0.2, 0.25) is 0 Å². The second kappa shape index (κ2) is 6.99. The molecule has 4 N–H and O–H groups in total. The van der Waals surface area contributed by atoms with Crippen molar-refractivity contribution in [2.45, 2.75) is 44.6 Å². The summed E-state index contributed by atoms with van der Waals surface area (Å²) in [7, 11) is 0. The summed E-state index contributed by atoms with van der Waals surface area (Å²) in [4.78, 5) is 33.7. The predicted octanol–water partition coefficient (Wildman–Crippen LogP) is 2.97. The number of carbonyl (C=O) groups is 2. The van der Waals surface area contributed by atoms with Gasteiger partial charge >= 0.3 is 12.1 Å². The van der Waals surface area contributed by atoms with Crippen molar-refractivity contribution >= 4 is 23.7 Å². The number of nitrogens with one attached hydrogen (secondary N) is 1. The lowest BCUT2D eigenvalue weighted by Crippen LogP contribution is -2.65. The fraction of sp³-hybridized carbons (Fsp3) is 0.476. The first-order valence-corrected chi connectivity index (χ1v) is 10.2. The third-order valence-corrected chi connectivity index (χ3v) is 5.95. The monoisotopic (exact) mass is 432 g/mol. The van der Waals surface area contributed by atoms with Crippen LogP contribution in [0.5, 0.6) is 0 Å². The van der Waals surface area contributed by atoms with Crippen LogP contribution in [0.3, 0.4) is 0 Å². The minimum Gasteiger partial charge on any atom is -0.478 e. The molecule has 0 unspecified atom stereocenters. The zero-order valence-corrected chi connectivity index (χ0v) is 18.0. The van der Waals surface area contributed by atoms with E-state index in [4.69, 9.17) is 22.1 Å². The number of amides is 1. The number of pyridine rings is 1. The number of aromatic amines is 1. The van der Waals surface area contributed by atoms with E-state index in [2.05, 4.69) is 9.97 Å². The molecule has 2 aliphatic rings. The SMILES string of the molecule is CC(C)(C)OC(=O)N1CC(CN)(c2[nH]c3c(c2C(=O)O)CCc2cnc(Cl)cc2-3)C1. The number of nitrogens with zero attached hydrogens (tertiary/aromatic N) is 2. The summed E-state index contributed by atoms with van der Waals surface area (Å²) in [6.45, 7) is 6.21. The van der Waals surface area contributed by atoms with Gasteiger partial charge in [-0.1, -0.05) is 11.6 Å². The van der Waals surface area contributed by atoms with E-state index in [-0.39, 0.29) is 12.1 Å². The normalized spacial score (nSPS) is 17.0. The molecule has 0 bridgehead atoms. The number of carbonyl (C=O) groups excluding carboxylic acids is 1. The van der Waals surface area contributed by atoms with Crippen LogP contribution in [0.4, 0.5) is 4.79 Å². The first-order valence-electron chi connectivity index (χ1n) is 9.86. The lowest BCUT2D eigenvalue weighted by atomic mass is 9.75. The van der Waals surface area contributed by atoms with E-state index in [0.717, 1.165) is 22.4 Å². The van der Waals surface area contributed by atoms with Crippen LogP contribution >= 0.6 is 11.6 Å². The second-order valence-electron chi connectivity index (χ2n) is 9.02. The van der Waals surface area contributed by atoms with Crippen LogP contribution in [0.25, 0.3) is 11.3 Å².